The molecule has 1 aromatic carbocycles. The first-order chi connectivity index (χ1) is 8.94. The summed E-state index contributed by atoms with van der Waals surface area (Å²) in [5.41, 5.74) is 2.32. The second kappa shape index (κ2) is 7.03. The zero-order valence-corrected chi connectivity index (χ0v) is 13.0. The van der Waals surface area contributed by atoms with Gasteiger partial charge in [0.05, 0.1) is 4.90 Å². The number of likely N-dealkylation sites (N-methyl/N-ethyl adjacent to an activating group) is 1. The van der Waals surface area contributed by atoms with Crippen LogP contribution in [0.2, 0.25) is 0 Å². The Bertz CT molecular complexity index is 512. The molecule has 0 bridgehead atoms. The summed E-state index contributed by atoms with van der Waals surface area (Å²) in [6.07, 6.45) is 1.77. The van der Waals surface area contributed by atoms with Gasteiger partial charge in [0.2, 0.25) is 10.0 Å². The maximum Gasteiger partial charge on any atom is 0.240 e. The number of hydrogen-bond acceptors (Lipinski definition) is 3. The summed E-state index contributed by atoms with van der Waals surface area (Å²) in [6.45, 7) is 6.44. The van der Waals surface area contributed by atoms with Gasteiger partial charge in [-0.05, 0) is 50.1 Å². The van der Waals surface area contributed by atoms with Gasteiger partial charge in [0.25, 0.3) is 0 Å². The Morgan fingerprint density at radius 3 is 2.32 bits per heavy atom. The molecule has 2 N–H and O–H groups in total. The van der Waals surface area contributed by atoms with E-state index < -0.39 is 10.0 Å². The van der Waals surface area contributed by atoms with E-state index in [0.717, 1.165) is 18.4 Å². The van der Waals surface area contributed by atoms with Crippen molar-refractivity contribution in [1.29, 1.82) is 0 Å². The van der Waals surface area contributed by atoms with Crippen molar-refractivity contribution >= 4 is 10.0 Å². The van der Waals surface area contributed by atoms with Crippen molar-refractivity contribution in [3.63, 3.8) is 0 Å². The SMILES string of the molecule is CCc1ccc(S(=O)(=O)NCC(C)NC)cc1CC. The first kappa shape index (κ1) is 16.1. The highest BCUT2D eigenvalue weighted by atomic mass is 32.2. The Morgan fingerprint density at radius 1 is 1.16 bits per heavy atom. The van der Waals surface area contributed by atoms with Gasteiger partial charge < -0.3 is 5.32 Å². The first-order valence-electron chi connectivity index (χ1n) is 6.73. The van der Waals surface area contributed by atoms with Crippen LogP contribution in [0.3, 0.4) is 0 Å². The molecule has 0 aliphatic carbocycles. The Balaban J connectivity index is 2.95. The minimum absolute atomic E-state index is 0.107. The number of rotatable bonds is 7. The zero-order valence-electron chi connectivity index (χ0n) is 12.2. The third-order valence-electron chi connectivity index (χ3n) is 3.32. The highest BCUT2D eigenvalue weighted by molar-refractivity contribution is 7.89. The average molecular weight is 284 g/mol. The molecule has 0 aliphatic heterocycles. The fourth-order valence-corrected chi connectivity index (χ4v) is 3.04. The van der Waals surface area contributed by atoms with Crippen LogP contribution in [0.4, 0.5) is 0 Å². The second-order valence-electron chi connectivity index (χ2n) is 4.68. The van der Waals surface area contributed by atoms with Crippen molar-refractivity contribution in [2.75, 3.05) is 13.6 Å². The summed E-state index contributed by atoms with van der Waals surface area (Å²) in [7, 11) is -1.60. The topological polar surface area (TPSA) is 58.2 Å². The molecule has 1 aromatic rings. The van der Waals surface area contributed by atoms with E-state index in [2.05, 4.69) is 17.0 Å². The minimum atomic E-state index is -3.41. The van der Waals surface area contributed by atoms with Gasteiger partial charge in [-0.15, -0.1) is 0 Å². The molecule has 0 aromatic heterocycles. The van der Waals surface area contributed by atoms with E-state index in [1.54, 1.807) is 12.1 Å². The molecule has 0 saturated carbocycles. The van der Waals surface area contributed by atoms with Crippen molar-refractivity contribution in [1.82, 2.24) is 10.0 Å². The fourth-order valence-electron chi connectivity index (χ4n) is 1.86. The maximum atomic E-state index is 12.2. The molecule has 108 valence electrons. The van der Waals surface area contributed by atoms with E-state index in [1.165, 1.54) is 5.56 Å². The molecule has 0 saturated heterocycles. The molecule has 1 atom stereocenters. The Kier molecular flexibility index (Phi) is 5.97. The minimum Gasteiger partial charge on any atom is -0.316 e. The van der Waals surface area contributed by atoms with Gasteiger partial charge in [0.1, 0.15) is 0 Å². The Labute approximate surface area is 116 Å². The van der Waals surface area contributed by atoms with Gasteiger partial charge in [-0.2, -0.15) is 0 Å². The second-order valence-corrected chi connectivity index (χ2v) is 6.45. The summed E-state index contributed by atoms with van der Waals surface area (Å²) >= 11 is 0. The summed E-state index contributed by atoms with van der Waals surface area (Å²) in [6, 6.07) is 5.49. The van der Waals surface area contributed by atoms with Crippen LogP contribution in [0.15, 0.2) is 23.1 Å². The van der Waals surface area contributed by atoms with Gasteiger partial charge in [0.15, 0.2) is 0 Å². The van der Waals surface area contributed by atoms with Crippen LogP contribution in [0.25, 0.3) is 0 Å². The monoisotopic (exact) mass is 284 g/mol. The van der Waals surface area contributed by atoms with Gasteiger partial charge in [0, 0.05) is 12.6 Å². The van der Waals surface area contributed by atoms with Crippen LogP contribution in [0.5, 0.6) is 0 Å². The van der Waals surface area contributed by atoms with Crippen LogP contribution < -0.4 is 10.0 Å². The Morgan fingerprint density at radius 2 is 1.79 bits per heavy atom. The van der Waals surface area contributed by atoms with Gasteiger partial charge >= 0.3 is 0 Å². The molecule has 0 radical (unpaired) electrons. The highest BCUT2D eigenvalue weighted by Gasteiger charge is 2.15. The van der Waals surface area contributed by atoms with E-state index in [1.807, 2.05) is 27.0 Å². The van der Waals surface area contributed by atoms with Gasteiger partial charge in [-0.1, -0.05) is 19.9 Å². The lowest BCUT2D eigenvalue weighted by Crippen LogP contribution is -2.37. The lowest BCUT2D eigenvalue weighted by Gasteiger charge is -2.13. The van der Waals surface area contributed by atoms with E-state index in [0.29, 0.717) is 11.4 Å². The summed E-state index contributed by atoms with van der Waals surface area (Å²) in [5.74, 6) is 0. The van der Waals surface area contributed by atoms with Crippen molar-refractivity contribution in [3.8, 4) is 0 Å². The molecule has 1 unspecified atom stereocenters. The predicted molar refractivity (Wildman–Crippen MR) is 78.9 cm³/mol. The molecule has 1 rings (SSSR count). The lowest BCUT2D eigenvalue weighted by molar-refractivity contribution is 0.554. The van der Waals surface area contributed by atoms with Crippen LogP contribution >= 0.6 is 0 Å². The summed E-state index contributed by atoms with van der Waals surface area (Å²) in [4.78, 5) is 0.352. The van der Waals surface area contributed by atoms with E-state index in [9.17, 15) is 8.42 Å². The molecule has 4 nitrogen and oxygen atoms in total. The Hall–Kier alpha value is -0.910. The van der Waals surface area contributed by atoms with Crippen LogP contribution in [0, 0.1) is 0 Å². The van der Waals surface area contributed by atoms with Crippen molar-refractivity contribution in [3.05, 3.63) is 29.3 Å². The molecule has 0 heterocycles. The number of hydrogen-bond donors (Lipinski definition) is 2. The van der Waals surface area contributed by atoms with Crippen LogP contribution in [-0.4, -0.2) is 28.1 Å². The number of sulfonamides is 1. The van der Waals surface area contributed by atoms with Gasteiger partial charge in [-0.25, -0.2) is 13.1 Å². The summed E-state index contributed by atoms with van der Waals surface area (Å²) < 4.78 is 27.0. The number of aryl methyl sites for hydroxylation is 2. The molecular formula is C14H24N2O2S. The average Bonchev–Trinajstić information content (AvgIpc) is 2.43. The predicted octanol–water partition coefficient (Wildman–Crippen LogP) is 1.70. The third-order valence-corrected chi connectivity index (χ3v) is 4.74. The van der Waals surface area contributed by atoms with E-state index in [-0.39, 0.29) is 6.04 Å². The highest BCUT2D eigenvalue weighted by Crippen LogP contribution is 2.17. The molecule has 0 fully saturated rings. The normalized spacial score (nSPS) is 13.5. The van der Waals surface area contributed by atoms with Crippen molar-refractivity contribution in [2.24, 2.45) is 0 Å². The first-order valence-corrected chi connectivity index (χ1v) is 8.21. The standard InChI is InChI=1S/C14H24N2O2S/c1-5-12-7-8-14(9-13(12)6-2)19(17,18)16-10-11(3)15-4/h7-9,11,15-16H,5-6,10H2,1-4H3. The molecule has 0 spiro atoms. The van der Waals surface area contributed by atoms with E-state index >= 15 is 0 Å². The van der Waals surface area contributed by atoms with Gasteiger partial charge in [-0.3, -0.25) is 0 Å². The van der Waals surface area contributed by atoms with Crippen LogP contribution in [-0.2, 0) is 22.9 Å². The fraction of sp³-hybridized carbons (Fsp3) is 0.571. The molecule has 5 heteroatoms. The van der Waals surface area contributed by atoms with Crippen molar-refractivity contribution < 1.29 is 8.42 Å². The quantitative estimate of drug-likeness (QED) is 0.801. The van der Waals surface area contributed by atoms with Crippen molar-refractivity contribution in [2.45, 2.75) is 44.6 Å². The smallest absolute Gasteiger partial charge is 0.240 e. The zero-order chi connectivity index (χ0) is 14.5. The maximum absolute atomic E-state index is 12.2. The molecular weight excluding hydrogens is 260 g/mol. The molecule has 0 amide bonds. The largest absolute Gasteiger partial charge is 0.316 e. The molecule has 19 heavy (non-hydrogen) atoms. The summed E-state index contributed by atoms with van der Waals surface area (Å²) in [5, 5.41) is 3.00. The third kappa shape index (κ3) is 4.30. The number of benzene rings is 1. The molecule has 0 aliphatic rings. The van der Waals surface area contributed by atoms with E-state index in [4.69, 9.17) is 0 Å². The van der Waals surface area contributed by atoms with Crippen LogP contribution in [0.1, 0.15) is 31.9 Å². The number of nitrogens with one attached hydrogen (secondary N) is 2. The lowest BCUT2D eigenvalue weighted by atomic mass is 10.0.